The minimum absolute atomic E-state index is 0.0731. The molecule has 0 aromatic carbocycles. The molecule has 0 amide bonds. The van der Waals surface area contributed by atoms with E-state index in [0.717, 1.165) is 32.1 Å². The number of hydrogen-bond donors (Lipinski definition) is 1. The lowest BCUT2D eigenvalue weighted by Crippen LogP contribution is -2.46. The van der Waals surface area contributed by atoms with Crippen LogP contribution in [0.25, 0.3) is 0 Å². The number of aliphatic carboxylic acids is 1. The fourth-order valence-electron chi connectivity index (χ4n) is 6.29. The van der Waals surface area contributed by atoms with E-state index in [-0.39, 0.29) is 17.5 Å². The van der Waals surface area contributed by atoms with Gasteiger partial charge in [-0.25, -0.2) is 4.79 Å². The first-order valence-corrected chi connectivity index (χ1v) is 14.8. The molecule has 2 aliphatic carbocycles. The third-order valence-corrected chi connectivity index (χ3v) is 8.50. The number of carbonyl (C=O) groups is 2. The maximum absolute atomic E-state index is 11.8. The number of carbonyl (C=O) groups excluding carboxylic acids is 1. The third kappa shape index (κ3) is 5.84. The van der Waals surface area contributed by atoms with Crippen LogP contribution < -0.4 is 0 Å². The van der Waals surface area contributed by atoms with Gasteiger partial charge >= 0.3 is 11.9 Å². The average molecular weight is 427 g/mol. The molecule has 2 rings (SSSR count). The standard InChI is InChI=1S/C23H42O5Si/c1-16(10-8-15-23(4,21(25)26)28-29(5,6)7)18-12-13-19-20(27-17(2)24)11-9-14-22(18,19)3/h16,18-20H,8-15H2,1-7H3,(H,25,26)/t16-,18-,19?,20?,22+,23-/m1/s1. The summed E-state index contributed by atoms with van der Waals surface area (Å²) in [5.74, 6) is 0.598. The number of carboxylic acids is 1. The van der Waals surface area contributed by atoms with Crippen LogP contribution >= 0.6 is 0 Å². The number of esters is 1. The molecule has 168 valence electrons. The smallest absolute Gasteiger partial charge is 0.334 e. The Kier molecular flexibility index (Phi) is 7.64. The maximum atomic E-state index is 11.8. The van der Waals surface area contributed by atoms with Crippen molar-refractivity contribution in [2.45, 2.75) is 110 Å². The number of fused-ring (bicyclic) bond motifs is 1. The topological polar surface area (TPSA) is 72.8 Å². The van der Waals surface area contributed by atoms with Gasteiger partial charge in [0.05, 0.1) is 0 Å². The first-order chi connectivity index (χ1) is 13.3. The molecule has 0 aromatic heterocycles. The van der Waals surface area contributed by atoms with E-state index < -0.39 is 19.9 Å². The molecule has 0 heterocycles. The van der Waals surface area contributed by atoms with E-state index in [0.29, 0.717) is 24.2 Å². The van der Waals surface area contributed by atoms with Gasteiger partial charge in [-0.2, -0.15) is 0 Å². The molecule has 0 bridgehead atoms. The van der Waals surface area contributed by atoms with Gasteiger partial charge in [0.15, 0.2) is 13.9 Å². The van der Waals surface area contributed by atoms with Crippen LogP contribution in [0, 0.1) is 23.2 Å². The molecule has 0 aromatic rings. The van der Waals surface area contributed by atoms with Crippen LogP contribution in [-0.4, -0.2) is 37.1 Å². The largest absolute Gasteiger partial charge is 0.479 e. The Hall–Kier alpha value is -0.883. The van der Waals surface area contributed by atoms with Gasteiger partial charge in [0.2, 0.25) is 0 Å². The average Bonchev–Trinajstić information content (AvgIpc) is 2.90. The van der Waals surface area contributed by atoms with Crippen LogP contribution in [0.5, 0.6) is 0 Å². The van der Waals surface area contributed by atoms with Gasteiger partial charge < -0.3 is 14.3 Å². The van der Waals surface area contributed by atoms with Crippen LogP contribution in [0.2, 0.25) is 19.6 Å². The second-order valence-electron chi connectivity index (χ2n) is 11.0. The molecule has 2 fully saturated rings. The van der Waals surface area contributed by atoms with Crippen LogP contribution in [0.4, 0.5) is 0 Å². The predicted octanol–water partition coefficient (Wildman–Crippen LogP) is 5.64. The number of ether oxygens (including phenoxy) is 1. The molecule has 2 saturated carbocycles. The lowest BCUT2D eigenvalue weighted by atomic mass is 9.61. The van der Waals surface area contributed by atoms with E-state index in [4.69, 9.17) is 9.16 Å². The first kappa shape index (κ1) is 24.4. The highest BCUT2D eigenvalue weighted by Gasteiger charge is 2.53. The molecule has 0 spiro atoms. The minimum atomic E-state index is -1.94. The van der Waals surface area contributed by atoms with Gasteiger partial charge in [0.25, 0.3) is 0 Å². The quantitative estimate of drug-likeness (QED) is 0.382. The van der Waals surface area contributed by atoms with Gasteiger partial charge in [0, 0.05) is 12.8 Å². The highest BCUT2D eigenvalue weighted by Crippen LogP contribution is 2.58. The number of carboxylic acid groups (broad SMARTS) is 1. The van der Waals surface area contributed by atoms with Crippen molar-refractivity contribution in [2.24, 2.45) is 23.2 Å². The second kappa shape index (κ2) is 9.09. The lowest BCUT2D eigenvalue weighted by molar-refractivity contribution is -0.156. The van der Waals surface area contributed by atoms with Crippen LogP contribution in [0.15, 0.2) is 0 Å². The van der Waals surface area contributed by atoms with Crippen molar-refractivity contribution >= 4 is 20.3 Å². The molecule has 6 atom stereocenters. The summed E-state index contributed by atoms with van der Waals surface area (Å²) in [5, 5.41) is 9.72. The molecule has 29 heavy (non-hydrogen) atoms. The predicted molar refractivity (Wildman–Crippen MR) is 117 cm³/mol. The van der Waals surface area contributed by atoms with E-state index >= 15 is 0 Å². The Morgan fingerprint density at radius 2 is 1.90 bits per heavy atom. The summed E-state index contributed by atoms with van der Waals surface area (Å²) in [6.07, 6.45) is 8.14. The Labute approximate surface area is 178 Å². The van der Waals surface area contributed by atoms with Crippen molar-refractivity contribution in [1.29, 1.82) is 0 Å². The monoisotopic (exact) mass is 426 g/mol. The Morgan fingerprint density at radius 3 is 2.45 bits per heavy atom. The molecular weight excluding hydrogens is 384 g/mol. The zero-order valence-electron chi connectivity index (χ0n) is 19.5. The highest BCUT2D eigenvalue weighted by atomic mass is 28.4. The van der Waals surface area contributed by atoms with E-state index in [1.165, 1.54) is 19.8 Å². The summed E-state index contributed by atoms with van der Waals surface area (Å²) in [6.45, 7) is 14.1. The summed E-state index contributed by atoms with van der Waals surface area (Å²) < 4.78 is 11.7. The lowest BCUT2D eigenvalue weighted by Gasteiger charge is -2.46. The summed E-state index contributed by atoms with van der Waals surface area (Å²) in [7, 11) is -1.94. The van der Waals surface area contributed by atoms with Crippen molar-refractivity contribution in [2.75, 3.05) is 0 Å². The fraction of sp³-hybridized carbons (Fsp3) is 0.913. The van der Waals surface area contributed by atoms with Gasteiger partial charge in [-0.15, -0.1) is 0 Å². The van der Waals surface area contributed by atoms with Gasteiger partial charge in [0.1, 0.15) is 6.10 Å². The van der Waals surface area contributed by atoms with Crippen molar-refractivity contribution < 1.29 is 23.9 Å². The zero-order chi connectivity index (χ0) is 22.0. The van der Waals surface area contributed by atoms with Crippen molar-refractivity contribution in [3.05, 3.63) is 0 Å². The molecule has 0 radical (unpaired) electrons. The Bertz CT molecular complexity index is 601. The normalized spacial score (nSPS) is 32.9. The van der Waals surface area contributed by atoms with E-state index in [2.05, 4.69) is 13.8 Å². The molecule has 6 heteroatoms. The maximum Gasteiger partial charge on any atom is 0.334 e. The SMILES string of the molecule is CC(=O)OC1CCC[C@]2(C)C1CC[C@@H]2[C@H](C)CCC[C@@](C)(O[Si](C)(C)C)C(=O)O. The van der Waals surface area contributed by atoms with Gasteiger partial charge in [-0.1, -0.05) is 20.3 Å². The molecular formula is C23H42O5Si. The minimum Gasteiger partial charge on any atom is -0.479 e. The molecule has 1 N–H and O–H groups in total. The molecule has 0 aliphatic heterocycles. The number of hydrogen-bond acceptors (Lipinski definition) is 4. The van der Waals surface area contributed by atoms with Crippen molar-refractivity contribution in [3.63, 3.8) is 0 Å². The summed E-state index contributed by atoms with van der Waals surface area (Å²) in [5.41, 5.74) is -0.861. The molecule has 5 nitrogen and oxygen atoms in total. The van der Waals surface area contributed by atoms with Crippen LogP contribution in [-0.2, 0) is 18.8 Å². The van der Waals surface area contributed by atoms with E-state index in [1.54, 1.807) is 6.92 Å². The van der Waals surface area contributed by atoms with Crippen LogP contribution in [0.3, 0.4) is 0 Å². The molecule has 2 aliphatic rings. The summed E-state index contributed by atoms with van der Waals surface area (Å²) in [6, 6.07) is 0. The molecule has 0 saturated heterocycles. The fourth-order valence-corrected chi connectivity index (χ4v) is 7.83. The first-order valence-electron chi connectivity index (χ1n) is 11.4. The van der Waals surface area contributed by atoms with Crippen molar-refractivity contribution in [1.82, 2.24) is 0 Å². The summed E-state index contributed by atoms with van der Waals surface area (Å²) in [4.78, 5) is 23.4. The Morgan fingerprint density at radius 1 is 1.24 bits per heavy atom. The highest BCUT2D eigenvalue weighted by molar-refractivity contribution is 6.70. The summed E-state index contributed by atoms with van der Waals surface area (Å²) >= 11 is 0. The zero-order valence-corrected chi connectivity index (χ0v) is 20.5. The van der Waals surface area contributed by atoms with Crippen molar-refractivity contribution in [3.8, 4) is 0 Å². The van der Waals surface area contributed by atoms with E-state index in [1.807, 2.05) is 19.6 Å². The van der Waals surface area contributed by atoms with Gasteiger partial charge in [-0.3, -0.25) is 4.79 Å². The molecule has 2 unspecified atom stereocenters. The third-order valence-electron chi connectivity index (χ3n) is 7.44. The Balaban J connectivity index is 1.98. The van der Waals surface area contributed by atoms with Crippen LogP contribution in [0.1, 0.15) is 79.1 Å². The number of rotatable bonds is 9. The second-order valence-corrected chi connectivity index (χ2v) is 15.4. The van der Waals surface area contributed by atoms with E-state index in [9.17, 15) is 14.7 Å². The van der Waals surface area contributed by atoms with Gasteiger partial charge in [-0.05, 0) is 88.8 Å².